The molecule has 0 radical (unpaired) electrons. The molecule has 4 heteroatoms. The van der Waals surface area contributed by atoms with Crippen LogP contribution in [0.3, 0.4) is 0 Å². The fourth-order valence-electron chi connectivity index (χ4n) is 2.27. The quantitative estimate of drug-likeness (QED) is 0.662. The molecule has 1 aliphatic carbocycles. The lowest BCUT2D eigenvalue weighted by Crippen LogP contribution is -2.01. The Kier molecular flexibility index (Phi) is 6.89. The van der Waals surface area contributed by atoms with Gasteiger partial charge in [0.1, 0.15) is 0 Å². The average Bonchev–Trinajstić information content (AvgIpc) is 2.44. The van der Waals surface area contributed by atoms with Gasteiger partial charge in [-0.25, -0.2) is 8.78 Å². The van der Waals surface area contributed by atoms with Gasteiger partial charge in [0.05, 0.1) is 6.61 Å². The lowest BCUT2D eigenvalue weighted by Gasteiger charge is -2.15. The van der Waals surface area contributed by atoms with E-state index in [1.807, 2.05) is 0 Å². The molecule has 114 valence electrons. The van der Waals surface area contributed by atoms with Gasteiger partial charge in [-0.1, -0.05) is 39.0 Å². The zero-order valence-electron chi connectivity index (χ0n) is 12.4. The van der Waals surface area contributed by atoms with Crippen LogP contribution in [0.4, 0.5) is 13.2 Å². The fraction of sp³-hybridized carbons (Fsp3) is 0.625. The molecular formula is C16H23F3O. The number of aryl methyl sites for hydroxylation is 1. The summed E-state index contributed by atoms with van der Waals surface area (Å²) in [5.41, 5.74) is 0.0300. The molecule has 1 aromatic rings. The van der Waals surface area contributed by atoms with Crippen LogP contribution >= 0.6 is 0 Å². The first-order valence-corrected chi connectivity index (χ1v) is 7.24. The van der Waals surface area contributed by atoms with E-state index in [1.54, 1.807) is 6.92 Å². The van der Waals surface area contributed by atoms with Gasteiger partial charge in [-0.2, -0.15) is 4.39 Å². The summed E-state index contributed by atoms with van der Waals surface area (Å²) >= 11 is 0. The van der Waals surface area contributed by atoms with E-state index in [-0.39, 0.29) is 17.9 Å². The molecule has 0 aromatic heterocycles. The lowest BCUT2D eigenvalue weighted by molar-refractivity contribution is 0.308. The third kappa shape index (κ3) is 4.73. The molecule has 0 atom stereocenters. The summed E-state index contributed by atoms with van der Waals surface area (Å²) in [6.45, 7) is 5.55. The summed E-state index contributed by atoms with van der Waals surface area (Å²) in [6, 6.07) is 1.14. The SMILES string of the molecule is CC1CCCCC1.CCOc1cc(C)c(F)c(F)c1F. The van der Waals surface area contributed by atoms with E-state index >= 15 is 0 Å². The number of hydrogen-bond acceptors (Lipinski definition) is 1. The van der Waals surface area contributed by atoms with E-state index in [0.29, 0.717) is 0 Å². The maximum Gasteiger partial charge on any atom is 0.203 e. The zero-order chi connectivity index (χ0) is 15.1. The van der Waals surface area contributed by atoms with Crippen molar-refractivity contribution < 1.29 is 17.9 Å². The molecule has 0 heterocycles. The second kappa shape index (κ2) is 8.18. The summed E-state index contributed by atoms with van der Waals surface area (Å²) in [6.07, 6.45) is 7.44. The van der Waals surface area contributed by atoms with Crippen molar-refractivity contribution in [2.75, 3.05) is 6.61 Å². The smallest absolute Gasteiger partial charge is 0.203 e. The highest BCUT2D eigenvalue weighted by Gasteiger charge is 2.16. The van der Waals surface area contributed by atoms with Gasteiger partial charge in [-0.3, -0.25) is 0 Å². The predicted octanol–water partition coefficient (Wildman–Crippen LogP) is 5.40. The minimum absolute atomic E-state index is 0.0300. The van der Waals surface area contributed by atoms with E-state index in [0.717, 1.165) is 12.0 Å². The Morgan fingerprint density at radius 1 is 1.05 bits per heavy atom. The number of hydrogen-bond donors (Lipinski definition) is 0. The summed E-state index contributed by atoms with van der Waals surface area (Å²) in [7, 11) is 0. The first kappa shape index (κ1) is 16.9. The molecule has 0 aliphatic heterocycles. The van der Waals surface area contributed by atoms with E-state index in [9.17, 15) is 13.2 Å². The van der Waals surface area contributed by atoms with Crippen LogP contribution in [0.15, 0.2) is 6.07 Å². The first-order valence-electron chi connectivity index (χ1n) is 7.24. The Balaban J connectivity index is 0.000000240. The van der Waals surface area contributed by atoms with Gasteiger partial charge in [0.2, 0.25) is 5.82 Å². The van der Waals surface area contributed by atoms with Gasteiger partial charge in [0, 0.05) is 0 Å². The maximum absolute atomic E-state index is 12.9. The van der Waals surface area contributed by atoms with Crippen molar-refractivity contribution in [2.45, 2.75) is 52.9 Å². The van der Waals surface area contributed by atoms with Crippen LogP contribution in [0.2, 0.25) is 0 Å². The Morgan fingerprint density at radius 2 is 1.65 bits per heavy atom. The van der Waals surface area contributed by atoms with Crippen LogP contribution in [-0.4, -0.2) is 6.61 Å². The number of ether oxygens (including phenoxy) is 1. The molecular weight excluding hydrogens is 265 g/mol. The van der Waals surface area contributed by atoms with Crippen molar-refractivity contribution in [1.29, 1.82) is 0 Å². The third-order valence-corrected chi connectivity index (χ3v) is 3.49. The molecule has 0 spiro atoms. The summed E-state index contributed by atoms with van der Waals surface area (Å²) in [5, 5.41) is 0. The van der Waals surface area contributed by atoms with E-state index in [1.165, 1.54) is 39.0 Å². The molecule has 1 fully saturated rings. The van der Waals surface area contributed by atoms with E-state index in [2.05, 4.69) is 6.92 Å². The Labute approximate surface area is 119 Å². The second-order valence-electron chi connectivity index (χ2n) is 5.31. The molecule has 0 saturated heterocycles. The molecule has 0 N–H and O–H groups in total. The molecule has 0 amide bonds. The van der Waals surface area contributed by atoms with Gasteiger partial charge in [0.15, 0.2) is 17.4 Å². The number of rotatable bonds is 2. The Hall–Kier alpha value is -1.19. The van der Waals surface area contributed by atoms with Gasteiger partial charge >= 0.3 is 0 Å². The third-order valence-electron chi connectivity index (χ3n) is 3.49. The number of halogens is 3. The van der Waals surface area contributed by atoms with Crippen LogP contribution in [0, 0.1) is 30.3 Å². The molecule has 1 aromatic carbocycles. The highest BCUT2D eigenvalue weighted by molar-refractivity contribution is 5.31. The minimum atomic E-state index is -1.48. The standard InChI is InChI=1S/C9H9F3O.C7H14/c1-3-13-6-4-5(2)7(10)9(12)8(6)11;1-7-5-3-2-4-6-7/h4H,3H2,1-2H3;7H,2-6H2,1H3. The van der Waals surface area contributed by atoms with Gasteiger partial charge < -0.3 is 4.74 Å². The minimum Gasteiger partial charge on any atom is -0.491 e. The molecule has 1 nitrogen and oxygen atoms in total. The van der Waals surface area contributed by atoms with Crippen LogP contribution in [-0.2, 0) is 0 Å². The second-order valence-corrected chi connectivity index (χ2v) is 5.31. The van der Waals surface area contributed by atoms with Crippen molar-refractivity contribution in [3.8, 4) is 5.75 Å². The molecule has 2 rings (SSSR count). The van der Waals surface area contributed by atoms with Crippen LogP contribution in [0.1, 0.15) is 51.5 Å². The summed E-state index contributed by atoms with van der Waals surface area (Å²) < 4.78 is 43.1. The van der Waals surface area contributed by atoms with Crippen LogP contribution in [0.5, 0.6) is 5.75 Å². The highest BCUT2D eigenvalue weighted by Crippen LogP contribution is 2.24. The molecule has 0 unspecified atom stereocenters. The largest absolute Gasteiger partial charge is 0.491 e. The van der Waals surface area contributed by atoms with Crippen molar-refractivity contribution in [2.24, 2.45) is 5.92 Å². The van der Waals surface area contributed by atoms with E-state index < -0.39 is 17.5 Å². The van der Waals surface area contributed by atoms with Crippen LogP contribution in [0.25, 0.3) is 0 Å². The van der Waals surface area contributed by atoms with Gasteiger partial charge in [0.25, 0.3) is 0 Å². The Bertz CT molecular complexity index is 426. The zero-order valence-corrected chi connectivity index (χ0v) is 12.4. The van der Waals surface area contributed by atoms with Gasteiger partial charge in [-0.05, 0) is 31.4 Å². The van der Waals surface area contributed by atoms with Gasteiger partial charge in [-0.15, -0.1) is 0 Å². The summed E-state index contributed by atoms with van der Waals surface area (Å²) in [4.78, 5) is 0. The molecule has 0 bridgehead atoms. The Morgan fingerprint density at radius 3 is 2.10 bits per heavy atom. The monoisotopic (exact) mass is 288 g/mol. The van der Waals surface area contributed by atoms with Crippen LogP contribution < -0.4 is 4.74 Å². The van der Waals surface area contributed by atoms with Crippen molar-refractivity contribution in [3.05, 3.63) is 29.1 Å². The molecule has 1 aliphatic rings. The highest BCUT2D eigenvalue weighted by atomic mass is 19.2. The average molecular weight is 288 g/mol. The summed E-state index contributed by atoms with van der Waals surface area (Å²) in [5.74, 6) is -3.14. The normalized spacial score (nSPS) is 15.5. The fourth-order valence-corrected chi connectivity index (χ4v) is 2.27. The maximum atomic E-state index is 12.9. The first-order chi connectivity index (χ1) is 9.47. The van der Waals surface area contributed by atoms with Crippen molar-refractivity contribution in [1.82, 2.24) is 0 Å². The number of benzene rings is 1. The van der Waals surface area contributed by atoms with Crippen molar-refractivity contribution >= 4 is 0 Å². The molecule has 1 saturated carbocycles. The molecule has 20 heavy (non-hydrogen) atoms. The lowest BCUT2D eigenvalue weighted by atomic mass is 9.91. The van der Waals surface area contributed by atoms with Crippen molar-refractivity contribution in [3.63, 3.8) is 0 Å². The topological polar surface area (TPSA) is 9.23 Å². The predicted molar refractivity (Wildman–Crippen MR) is 74.5 cm³/mol. The van der Waals surface area contributed by atoms with E-state index in [4.69, 9.17) is 4.74 Å².